The zero-order valence-corrected chi connectivity index (χ0v) is 16.6. The number of rotatable bonds is 7. The summed E-state index contributed by atoms with van der Waals surface area (Å²) in [6.45, 7) is 5.70. The Bertz CT molecular complexity index is 690. The van der Waals surface area contributed by atoms with Crippen molar-refractivity contribution in [3.8, 4) is 0 Å². The van der Waals surface area contributed by atoms with Crippen LogP contribution in [0, 0.1) is 5.92 Å². The van der Waals surface area contributed by atoms with E-state index in [0.29, 0.717) is 12.2 Å². The second kappa shape index (κ2) is 8.10. The maximum absolute atomic E-state index is 12.7. The van der Waals surface area contributed by atoms with Crippen LogP contribution in [0.4, 0.5) is 0 Å². The highest BCUT2D eigenvalue weighted by Crippen LogP contribution is 2.28. The van der Waals surface area contributed by atoms with Gasteiger partial charge in [0, 0.05) is 5.75 Å². The summed E-state index contributed by atoms with van der Waals surface area (Å²) in [6.07, 6.45) is -0.189. The molecule has 0 saturated carbocycles. The number of aliphatic hydroxyl groups is 1. The second-order valence-electron chi connectivity index (χ2n) is 7.32. The van der Waals surface area contributed by atoms with E-state index in [0.717, 1.165) is 5.56 Å². The molecule has 0 spiro atoms. The van der Waals surface area contributed by atoms with E-state index in [1.54, 1.807) is 6.92 Å². The first kappa shape index (κ1) is 20.3. The number of amides is 1. The quantitative estimate of drug-likeness (QED) is 0.752. The van der Waals surface area contributed by atoms with Crippen molar-refractivity contribution in [3.63, 3.8) is 0 Å². The smallest absolute Gasteiger partial charge is 0.233 e. The van der Waals surface area contributed by atoms with Crippen molar-refractivity contribution in [2.75, 3.05) is 17.3 Å². The molecule has 3 unspecified atom stereocenters. The van der Waals surface area contributed by atoms with E-state index in [1.807, 2.05) is 44.2 Å². The first-order valence-corrected chi connectivity index (χ1v) is 11.4. The molecule has 0 aliphatic carbocycles. The van der Waals surface area contributed by atoms with Gasteiger partial charge in [-0.2, -0.15) is 0 Å². The molecule has 1 saturated heterocycles. The highest BCUT2D eigenvalue weighted by molar-refractivity contribution is 8.00. The van der Waals surface area contributed by atoms with Crippen molar-refractivity contribution >= 4 is 27.5 Å². The molecule has 25 heavy (non-hydrogen) atoms. The molecule has 3 atom stereocenters. The Hall–Kier alpha value is -1.05. The van der Waals surface area contributed by atoms with Gasteiger partial charge < -0.3 is 10.4 Å². The summed E-state index contributed by atoms with van der Waals surface area (Å²) in [6, 6.07) is 9.36. The SMILES string of the molecule is CC(C)C(SCC(O)c1ccccc1)C(=O)NC1(C)CCS(=O)(=O)C1. The molecule has 1 aromatic rings. The predicted octanol–water partition coefficient (Wildman–Crippen LogP) is 2.17. The molecule has 1 fully saturated rings. The van der Waals surface area contributed by atoms with Gasteiger partial charge in [-0.15, -0.1) is 11.8 Å². The van der Waals surface area contributed by atoms with Crippen molar-refractivity contribution in [1.29, 1.82) is 0 Å². The average molecular weight is 386 g/mol. The zero-order valence-electron chi connectivity index (χ0n) is 14.9. The number of carbonyl (C=O) groups excluding carboxylic acids is 1. The third-order valence-corrected chi connectivity index (χ3v) is 7.94. The Morgan fingerprint density at radius 1 is 1.32 bits per heavy atom. The molecule has 1 heterocycles. The number of carbonyl (C=O) groups is 1. The van der Waals surface area contributed by atoms with E-state index >= 15 is 0 Å². The van der Waals surface area contributed by atoms with Gasteiger partial charge in [0.2, 0.25) is 5.91 Å². The van der Waals surface area contributed by atoms with Crippen molar-refractivity contribution in [2.45, 2.75) is 44.1 Å². The van der Waals surface area contributed by atoms with Crippen LogP contribution < -0.4 is 5.32 Å². The van der Waals surface area contributed by atoms with Gasteiger partial charge in [-0.3, -0.25) is 4.79 Å². The van der Waals surface area contributed by atoms with Crippen LogP contribution in [-0.4, -0.2) is 47.5 Å². The van der Waals surface area contributed by atoms with Crippen LogP contribution >= 0.6 is 11.8 Å². The van der Waals surface area contributed by atoms with Crippen LogP contribution in [-0.2, 0) is 14.6 Å². The van der Waals surface area contributed by atoms with Crippen LogP contribution in [0.15, 0.2) is 30.3 Å². The van der Waals surface area contributed by atoms with Gasteiger partial charge in [0.15, 0.2) is 9.84 Å². The lowest BCUT2D eigenvalue weighted by molar-refractivity contribution is -0.122. The van der Waals surface area contributed by atoms with Crippen molar-refractivity contribution in [3.05, 3.63) is 35.9 Å². The van der Waals surface area contributed by atoms with E-state index in [9.17, 15) is 18.3 Å². The molecule has 5 nitrogen and oxygen atoms in total. The molecule has 1 amide bonds. The van der Waals surface area contributed by atoms with Crippen molar-refractivity contribution < 1.29 is 18.3 Å². The molecule has 7 heteroatoms. The summed E-state index contributed by atoms with van der Waals surface area (Å²) in [5, 5.41) is 12.9. The summed E-state index contributed by atoms with van der Waals surface area (Å²) in [5.41, 5.74) is 0.133. The van der Waals surface area contributed by atoms with E-state index in [4.69, 9.17) is 0 Å². The van der Waals surface area contributed by atoms with Crippen molar-refractivity contribution in [2.24, 2.45) is 5.92 Å². The number of aliphatic hydroxyl groups excluding tert-OH is 1. The topological polar surface area (TPSA) is 83.5 Å². The maximum Gasteiger partial charge on any atom is 0.233 e. The summed E-state index contributed by atoms with van der Waals surface area (Å²) < 4.78 is 23.4. The molecule has 140 valence electrons. The third kappa shape index (κ3) is 5.72. The van der Waals surface area contributed by atoms with Gasteiger partial charge in [-0.1, -0.05) is 44.2 Å². The van der Waals surface area contributed by atoms with E-state index in [2.05, 4.69) is 5.32 Å². The van der Waals surface area contributed by atoms with Crippen LogP contribution in [0.1, 0.15) is 38.9 Å². The minimum Gasteiger partial charge on any atom is -0.388 e. The van der Waals surface area contributed by atoms with Crippen LogP contribution in [0.25, 0.3) is 0 Å². The average Bonchev–Trinajstić information content (AvgIpc) is 2.80. The largest absolute Gasteiger partial charge is 0.388 e. The third-order valence-electron chi connectivity index (χ3n) is 4.41. The standard InChI is InChI=1S/C18H27NO4S2/c1-13(2)16(24-11-15(20)14-7-5-4-6-8-14)17(21)19-18(3)9-10-25(22,23)12-18/h4-8,13,15-16,20H,9-12H2,1-3H3,(H,19,21). The minimum absolute atomic E-state index is 0.00609. The first-order chi connectivity index (χ1) is 11.6. The van der Waals surface area contributed by atoms with E-state index in [-0.39, 0.29) is 28.6 Å². The molecular formula is C18H27NO4S2. The molecule has 1 aliphatic rings. The monoisotopic (exact) mass is 385 g/mol. The lowest BCUT2D eigenvalue weighted by Crippen LogP contribution is -2.51. The fourth-order valence-electron chi connectivity index (χ4n) is 3.01. The van der Waals surface area contributed by atoms with E-state index in [1.165, 1.54) is 11.8 Å². The predicted molar refractivity (Wildman–Crippen MR) is 102 cm³/mol. The number of hydrogen-bond donors (Lipinski definition) is 2. The van der Waals surface area contributed by atoms with Crippen LogP contribution in [0.2, 0.25) is 0 Å². The fourth-order valence-corrected chi connectivity index (χ4v) is 6.29. The molecule has 2 N–H and O–H groups in total. The number of sulfone groups is 1. The highest BCUT2D eigenvalue weighted by atomic mass is 32.2. The number of benzene rings is 1. The summed E-state index contributed by atoms with van der Waals surface area (Å²) in [4.78, 5) is 12.7. The zero-order chi connectivity index (χ0) is 18.7. The molecule has 1 aliphatic heterocycles. The lowest BCUT2D eigenvalue weighted by Gasteiger charge is -2.29. The van der Waals surface area contributed by atoms with Gasteiger partial charge in [0.1, 0.15) is 0 Å². The summed E-state index contributed by atoms with van der Waals surface area (Å²) in [7, 11) is -3.07. The highest BCUT2D eigenvalue weighted by Gasteiger charge is 2.40. The van der Waals surface area contributed by atoms with Gasteiger partial charge in [0.25, 0.3) is 0 Å². The minimum atomic E-state index is -3.07. The molecule has 0 bridgehead atoms. The lowest BCUT2D eigenvalue weighted by atomic mass is 10.0. The van der Waals surface area contributed by atoms with E-state index < -0.39 is 21.5 Å². The van der Waals surface area contributed by atoms with Crippen LogP contribution in [0.3, 0.4) is 0 Å². The summed E-state index contributed by atoms with van der Waals surface area (Å²) >= 11 is 1.41. The molecule has 1 aromatic carbocycles. The molecule has 2 rings (SSSR count). The fraction of sp³-hybridized carbons (Fsp3) is 0.611. The molecule has 0 aromatic heterocycles. The van der Waals surface area contributed by atoms with Crippen molar-refractivity contribution in [1.82, 2.24) is 5.32 Å². The Kier molecular flexibility index (Phi) is 6.56. The maximum atomic E-state index is 12.7. The van der Waals surface area contributed by atoms with Gasteiger partial charge in [-0.05, 0) is 24.8 Å². The Morgan fingerprint density at radius 3 is 2.48 bits per heavy atom. The first-order valence-electron chi connectivity index (χ1n) is 8.49. The summed E-state index contributed by atoms with van der Waals surface area (Å²) in [5.74, 6) is 0.452. The number of thioether (sulfide) groups is 1. The molecule has 0 radical (unpaired) electrons. The van der Waals surface area contributed by atoms with Gasteiger partial charge in [-0.25, -0.2) is 8.42 Å². The Balaban J connectivity index is 1.97. The number of nitrogens with one attached hydrogen (secondary N) is 1. The van der Waals surface area contributed by atoms with Gasteiger partial charge in [0.05, 0.1) is 28.4 Å². The molecular weight excluding hydrogens is 358 g/mol. The Morgan fingerprint density at radius 2 is 1.96 bits per heavy atom. The van der Waals surface area contributed by atoms with Crippen LogP contribution in [0.5, 0.6) is 0 Å². The number of hydrogen-bond acceptors (Lipinski definition) is 5. The Labute approximate surface area is 154 Å². The van der Waals surface area contributed by atoms with Gasteiger partial charge >= 0.3 is 0 Å². The normalized spacial score (nSPS) is 24.8. The second-order valence-corrected chi connectivity index (χ2v) is 10.7.